The molecule has 1 N–H and O–H groups in total. The average Bonchev–Trinajstić information content (AvgIpc) is 3.36. The number of nitrogens with zero attached hydrogens (tertiary/aromatic N) is 7. The molecule has 1 aliphatic carbocycles. The second kappa shape index (κ2) is 6.79. The molecule has 0 bridgehead atoms. The molecule has 5 rings (SSSR count). The van der Waals surface area contributed by atoms with Crippen LogP contribution in [0.5, 0.6) is 0 Å². The van der Waals surface area contributed by atoms with E-state index >= 15 is 0 Å². The molecular formula is C18H20N8O2. The molecule has 28 heavy (non-hydrogen) atoms. The van der Waals surface area contributed by atoms with Crippen molar-refractivity contribution in [3.63, 3.8) is 0 Å². The van der Waals surface area contributed by atoms with Crippen LogP contribution < -0.4 is 5.56 Å². The number of aromatic nitrogens is 8. The molecule has 1 aliphatic rings. The number of pyridine rings is 1. The summed E-state index contributed by atoms with van der Waals surface area (Å²) in [5.41, 5.74) is 0.415. The number of H-pyrrole nitrogens is 1. The second-order valence-corrected chi connectivity index (χ2v) is 7.08. The van der Waals surface area contributed by atoms with Gasteiger partial charge in [-0.1, -0.05) is 19.3 Å². The Hall–Kier alpha value is -3.14. The summed E-state index contributed by atoms with van der Waals surface area (Å²) in [4.78, 5) is 26.2. The largest absolute Gasteiger partial charge is 0.377 e. The molecule has 0 aromatic carbocycles. The van der Waals surface area contributed by atoms with Crippen LogP contribution in [0, 0.1) is 0 Å². The number of hydrogen-bond acceptors (Lipinski definition) is 7. The number of rotatable bonds is 4. The van der Waals surface area contributed by atoms with E-state index < -0.39 is 0 Å². The highest BCUT2D eigenvalue weighted by atomic mass is 16.5. The fourth-order valence-electron chi connectivity index (χ4n) is 3.82. The van der Waals surface area contributed by atoms with Gasteiger partial charge in [-0.15, -0.1) is 10.2 Å². The average molecular weight is 380 g/mol. The summed E-state index contributed by atoms with van der Waals surface area (Å²) in [6, 6.07) is 1.82. The van der Waals surface area contributed by atoms with Gasteiger partial charge in [0.1, 0.15) is 6.61 Å². The van der Waals surface area contributed by atoms with E-state index in [1.165, 1.54) is 23.8 Å². The Bertz CT molecular complexity index is 1200. The topological polar surface area (TPSA) is 116 Å². The van der Waals surface area contributed by atoms with Crippen molar-refractivity contribution >= 4 is 16.7 Å². The lowest BCUT2D eigenvalue weighted by atomic mass is 9.89. The Morgan fingerprint density at radius 2 is 2.11 bits per heavy atom. The Morgan fingerprint density at radius 3 is 2.93 bits per heavy atom. The van der Waals surface area contributed by atoms with E-state index in [1.807, 2.05) is 6.07 Å². The highest BCUT2D eigenvalue weighted by molar-refractivity contribution is 5.78. The van der Waals surface area contributed by atoms with Crippen LogP contribution in [0.1, 0.15) is 49.7 Å². The molecule has 4 heterocycles. The van der Waals surface area contributed by atoms with Gasteiger partial charge in [-0.05, 0) is 18.9 Å². The van der Waals surface area contributed by atoms with E-state index in [2.05, 4.69) is 30.2 Å². The van der Waals surface area contributed by atoms with Crippen molar-refractivity contribution in [2.45, 2.75) is 44.6 Å². The Balaban J connectivity index is 1.60. The highest BCUT2D eigenvalue weighted by Crippen LogP contribution is 2.31. The van der Waals surface area contributed by atoms with Gasteiger partial charge in [-0.25, -0.2) is 9.55 Å². The third-order valence-corrected chi connectivity index (χ3v) is 5.24. The standard InChI is InChI=1S/C18H20N8O2/c1-28-10-14-20-18(23-22-14)25-8-7-13-12(16(25)27)9-19-17-21-15(24-26(13)17)11-5-3-2-4-6-11/h7-9,11H,2-6,10H2,1H3,(H,20,22,23). The molecule has 144 valence electrons. The smallest absolute Gasteiger partial charge is 0.268 e. The minimum absolute atomic E-state index is 0.260. The summed E-state index contributed by atoms with van der Waals surface area (Å²) >= 11 is 0. The fourth-order valence-corrected chi connectivity index (χ4v) is 3.82. The van der Waals surface area contributed by atoms with Gasteiger partial charge in [0.25, 0.3) is 17.3 Å². The van der Waals surface area contributed by atoms with Crippen molar-refractivity contribution in [2.75, 3.05) is 7.11 Å². The maximum absolute atomic E-state index is 13.0. The lowest BCUT2D eigenvalue weighted by Crippen LogP contribution is -2.20. The van der Waals surface area contributed by atoms with Gasteiger partial charge in [0.15, 0.2) is 11.6 Å². The molecule has 1 fully saturated rings. The van der Waals surface area contributed by atoms with Gasteiger partial charge in [0.05, 0.1) is 10.9 Å². The van der Waals surface area contributed by atoms with Crippen molar-refractivity contribution in [2.24, 2.45) is 0 Å². The molecule has 0 radical (unpaired) electrons. The third kappa shape index (κ3) is 2.76. The molecule has 4 aromatic rings. The molecule has 10 nitrogen and oxygen atoms in total. The highest BCUT2D eigenvalue weighted by Gasteiger charge is 2.21. The van der Waals surface area contributed by atoms with E-state index in [1.54, 1.807) is 24.0 Å². The van der Waals surface area contributed by atoms with Crippen LogP contribution in [0.2, 0.25) is 0 Å². The summed E-state index contributed by atoms with van der Waals surface area (Å²) in [6.45, 7) is 0.292. The van der Waals surface area contributed by atoms with Crippen molar-refractivity contribution in [1.29, 1.82) is 0 Å². The summed E-state index contributed by atoms with van der Waals surface area (Å²) in [5, 5.41) is 12.0. The van der Waals surface area contributed by atoms with Crippen LogP contribution >= 0.6 is 0 Å². The van der Waals surface area contributed by atoms with Gasteiger partial charge in [0.2, 0.25) is 0 Å². The van der Waals surface area contributed by atoms with E-state index in [0.29, 0.717) is 35.0 Å². The third-order valence-electron chi connectivity index (χ3n) is 5.24. The van der Waals surface area contributed by atoms with Gasteiger partial charge < -0.3 is 4.74 Å². The van der Waals surface area contributed by atoms with Crippen molar-refractivity contribution < 1.29 is 4.74 Å². The molecule has 4 aromatic heterocycles. The minimum atomic E-state index is -0.260. The zero-order valence-electron chi connectivity index (χ0n) is 15.5. The quantitative estimate of drug-likeness (QED) is 0.573. The maximum Gasteiger partial charge on any atom is 0.268 e. The number of hydrogen-bond donors (Lipinski definition) is 1. The van der Waals surface area contributed by atoms with E-state index in [4.69, 9.17) is 4.74 Å². The number of fused-ring (bicyclic) bond motifs is 3. The molecular weight excluding hydrogens is 360 g/mol. The van der Waals surface area contributed by atoms with Gasteiger partial charge in [-0.2, -0.15) is 14.5 Å². The van der Waals surface area contributed by atoms with Crippen LogP contribution in [0.25, 0.3) is 22.6 Å². The molecule has 0 aliphatic heterocycles. The first-order chi connectivity index (χ1) is 13.7. The molecule has 0 atom stereocenters. The number of nitrogens with one attached hydrogen (secondary N) is 1. The van der Waals surface area contributed by atoms with Crippen molar-refractivity contribution in [3.05, 3.63) is 40.5 Å². The van der Waals surface area contributed by atoms with E-state index in [-0.39, 0.29) is 11.5 Å². The van der Waals surface area contributed by atoms with E-state index in [9.17, 15) is 4.79 Å². The van der Waals surface area contributed by atoms with E-state index in [0.717, 1.165) is 18.7 Å². The molecule has 0 spiro atoms. The first-order valence-electron chi connectivity index (χ1n) is 9.42. The normalized spacial score (nSPS) is 15.6. The number of ether oxygens (including phenoxy) is 1. The van der Waals surface area contributed by atoms with Gasteiger partial charge >= 0.3 is 0 Å². The molecule has 10 heteroatoms. The monoisotopic (exact) mass is 380 g/mol. The van der Waals surface area contributed by atoms with Crippen LogP contribution in [0.15, 0.2) is 23.3 Å². The number of methoxy groups -OCH3 is 1. The predicted octanol–water partition coefficient (Wildman–Crippen LogP) is 1.74. The summed E-state index contributed by atoms with van der Waals surface area (Å²) in [7, 11) is 1.57. The van der Waals surface area contributed by atoms with Crippen molar-refractivity contribution in [3.8, 4) is 5.95 Å². The lowest BCUT2D eigenvalue weighted by Gasteiger charge is -2.17. The Morgan fingerprint density at radius 1 is 1.25 bits per heavy atom. The first-order valence-corrected chi connectivity index (χ1v) is 9.42. The van der Waals surface area contributed by atoms with Crippen LogP contribution in [-0.2, 0) is 11.3 Å². The minimum Gasteiger partial charge on any atom is -0.377 e. The Labute approximate surface area is 159 Å². The van der Waals surface area contributed by atoms with Crippen molar-refractivity contribution in [1.82, 2.24) is 39.3 Å². The SMILES string of the molecule is COCc1nc(-n2ccc3c(cnc4nc(C5CCCCC5)nn43)c2=O)n[nH]1. The molecule has 0 amide bonds. The van der Waals surface area contributed by atoms with Gasteiger partial charge in [-0.3, -0.25) is 9.89 Å². The molecule has 0 saturated heterocycles. The van der Waals surface area contributed by atoms with Gasteiger partial charge in [0, 0.05) is 25.4 Å². The van der Waals surface area contributed by atoms with Crippen LogP contribution in [0.4, 0.5) is 0 Å². The maximum atomic E-state index is 13.0. The predicted molar refractivity (Wildman–Crippen MR) is 100 cm³/mol. The zero-order chi connectivity index (χ0) is 19.1. The molecule has 0 unspecified atom stereocenters. The van der Waals surface area contributed by atoms with Crippen LogP contribution in [0.3, 0.4) is 0 Å². The first kappa shape index (κ1) is 17.0. The number of aromatic amines is 1. The summed E-state index contributed by atoms with van der Waals surface area (Å²) < 4.78 is 8.07. The Kier molecular flexibility index (Phi) is 4.12. The summed E-state index contributed by atoms with van der Waals surface area (Å²) in [6.07, 6.45) is 9.10. The fraction of sp³-hybridized carbons (Fsp3) is 0.444. The summed E-state index contributed by atoms with van der Waals surface area (Å²) in [5.74, 6) is 2.53. The van der Waals surface area contributed by atoms with Crippen LogP contribution in [-0.4, -0.2) is 46.4 Å². The molecule has 1 saturated carbocycles. The zero-order valence-corrected chi connectivity index (χ0v) is 15.5. The lowest BCUT2D eigenvalue weighted by molar-refractivity contribution is 0.178. The second-order valence-electron chi connectivity index (χ2n) is 7.08.